The van der Waals surface area contributed by atoms with Crippen molar-refractivity contribution in [1.82, 2.24) is 15.0 Å². The van der Waals surface area contributed by atoms with Gasteiger partial charge in [-0.1, -0.05) is 28.9 Å². The lowest BCUT2D eigenvalue weighted by molar-refractivity contribution is 0.0699. The van der Waals surface area contributed by atoms with Gasteiger partial charge in [0.05, 0.1) is 16.8 Å². The summed E-state index contributed by atoms with van der Waals surface area (Å²) in [6.07, 6.45) is 0. The van der Waals surface area contributed by atoms with Gasteiger partial charge >= 0.3 is 5.97 Å². The minimum absolute atomic E-state index is 0.133. The van der Waals surface area contributed by atoms with Crippen LogP contribution in [0.1, 0.15) is 15.9 Å². The van der Waals surface area contributed by atoms with Gasteiger partial charge in [-0.25, -0.2) is 9.48 Å². The zero-order valence-corrected chi connectivity index (χ0v) is 11.3. The molecule has 1 aromatic heterocycles. The fourth-order valence-electron chi connectivity index (χ4n) is 2.12. The van der Waals surface area contributed by atoms with Crippen molar-refractivity contribution in [3.8, 4) is 5.69 Å². The van der Waals surface area contributed by atoms with Crippen molar-refractivity contribution in [2.75, 3.05) is 0 Å². The molecular formula is C14H10ClN3O2. The van der Waals surface area contributed by atoms with Gasteiger partial charge in [0.25, 0.3) is 0 Å². The lowest BCUT2D eigenvalue weighted by Crippen LogP contribution is -2.00. The lowest BCUT2D eigenvalue weighted by Gasteiger charge is -2.07. The van der Waals surface area contributed by atoms with E-state index in [4.69, 9.17) is 16.7 Å². The topological polar surface area (TPSA) is 68.0 Å². The molecule has 0 unspecified atom stereocenters. The van der Waals surface area contributed by atoms with Crippen LogP contribution in [0.25, 0.3) is 16.7 Å². The lowest BCUT2D eigenvalue weighted by atomic mass is 10.1. The highest BCUT2D eigenvalue weighted by Gasteiger charge is 2.15. The molecule has 0 aliphatic rings. The summed E-state index contributed by atoms with van der Waals surface area (Å²) < 4.78 is 1.60. The first kappa shape index (κ1) is 12.6. The van der Waals surface area contributed by atoms with Crippen LogP contribution in [0, 0.1) is 6.92 Å². The molecule has 6 heteroatoms. The van der Waals surface area contributed by atoms with E-state index >= 15 is 0 Å². The van der Waals surface area contributed by atoms with E-state index in [1.165, 1.54) is 6.07 Å². The Morgan fingerprint density at radius 3 is 2.75 bits per heavy atom. The molecule has 0 radical (unpaired) electrons. The molecule has 100 valence electrons. The predicted molar refractivity (Wildman–Crippen MR) is 75.6 cm³/mol. The third-order valence-corrected chi connectivity index (χ3v) is 3.58. The standard InChI is InChI=1S/C14H10ClN3O2/c1-8-10(15)5-3-6-11(8)18-12-7-2-4-9(14(19)20)13(12)16-17-18/h2-7H,1H3,(H,19,20). The highest BCUT2D eigenvalue weighted by Crippen LogP contribution is 2.25. The van der Waals surface area contributed by atoms with Crippen molar-refractivity contribution >= 4 is 28.6 Å². The van der Waals surface area contributed by atoms with E-state index in [-0.39, 0.29) is 5.56 Å². The number of nitrogens with zero attached hydrogens (tertiary/aromatic N) is 3. The highest BCUT2D eigenvalue weighted by molar-refractivity contribution is 6.31. The van der Waals surface area contributed by atoms with Crippen molar-refractivity contribution in [2.45, 2.75) is 6.92 Å². The first-order valence-corrected chi connectivity index (χ1v) is 6.30. The van der Waals surface area contributed by atoms with Crippen LogP contribution in [-0.2, 0) is 0 Å². The molecule has 0 fully saturated rings. The van der Waals surface area contributed by atoms with Gasteiger partial charge in [-0.3, -0.25) is 0 Å². The second-order valence-corrected chi connectivity index (χ2v) is 4.77. The van der Waals surface area contributed by atoms with Gasteiger partial charge in [-0.15, -0.1) is 5.10 Å². The number of hydrogen-bond acceptors (Lipinski definition) is 3. The van der Waals surface area contributed by atoms with Crippen LogP contribution in [-0.4, -0.2) is 26.1 Å². The Hall–Kier alpha value is -2.40. The molecule has 0 amide bonds. The van der Waals surface area contributed by atoms with Crippen molar-refractivity contribution < 1.29 is 9.90 Å². The molecule has 1 N–H and O–H groups in total. The first-order valence-electron chi connectivity index (χ1n) is 5.93. The maximum atomic E-state index is 11.2. The van der Waals surface area contributed by atoms with Crippen LogP contribution >= 0.6 is 11.6 Å². The monoisotopic (exact) mass is 287 g/mol. The second kappa shape index (κ2) is 4.61. The molecule has 3 rings (SSSR count). The summed E-state index contributed by atoms with van der Waals surface area (Å²) in [6.45, 7) is 1.88. The molecule has 0 aliphatic heterocycles. The summed E-state index contributed by atoms with van der Waals surface area (Å²) in [4.78, 5) is 11.2. The normalized spacial score (nSPS) is 10.9. The average Bonchev–Trinajstić information content (AvgIpc) is 2.85. The van der Waals surface area contributed by atoms with E-state index in [0.29, 0.717) is 16.1 Å². The van der Waals surface area contributed by atoms with Gasteiger partial charge < -0.3 is 5.11 Å². The number of halogens is 1. The van der Waals surface area contributed by atoms with Crippen molar-refractivity contribution in [1.29, 1.82) is 0 Å². The third kappa shape index (κ3) is 1.83. The Morgan fingerprint density at radius 1 is 1.25 bits per heavy atom. The number of carboxylic acid groups (broad SMARTS) is 1. The fourth-order valence-corrected chi connectivity index (χ4v) is 2.29. The Kier molecular flexibility index (Phi) is 2.91. The van der Waals surface area contributed by atoms with Crippen LogP contribution in [0.5, 0.6) is 0 Å². The molecule has 3 aromatic rings. The zero-order valence-electron chi connectivity index (χ0n) is 10.5. The Labute approximate surface area is 119 Å². The average molecular weight is 288 g/mol. The molecule has 1 heterocycles. The quantitative estimate of drug-likeness (QED) is 0.786. The fraction of sp³-hybridized carbons (Fsp3) is 0.0714. The molecule has 0 aliphatic carbocycles. The van der Waals surface area contributed by atoms with Crippen molar-refractivity contribution in [2.24, 2.45) is 0 Å². The summed E-state index contributed by atoms with van der Waals surface area (Å²) in [6, 6.07) is 10.4. The summed E-state index contributed by atoms with van der Waals surface area (Å²) in [5.41, 5.74) is 2.77. The zero-order chi connectivity index (χ0) is 14.3. The number of benzene rings is 2. The minimum atomic E-state index is -1.02. The predicted octanol–water partition coefficient (Wildman–Crippen LogP) is 3.08. The van der Waals surface area contributed by atoms with Gasteiger partial charge in [0.1, 0.15) is 5.52 Å². The minimum Gasteiger partial charge on any atom is -0.478 e. The number of aromatic carboxylic acids is 1. The van der Waals surface area contributed by atoms with E-state index < -0.39 is 5.97 Å². The van der Waals surface area contributed by atoms with E-state index in [9.17, 15) is 4.79 Å². The number of fused-ring (bicyclic) bond motifs is 1. The molecule has 0 atom stereocenters. The largest absolute Gasteiger partial charge is 0.478 e. The highest BCUT2D eigenvalue weighted by atomic mass is 35.5. The molecular weight excluding hydrogens is 278 g/mol. The number of rotatable bonds is 2. The molecule has 0 bridgehead atoms. The van der Waals surface area contributed by atoms with Crippen molar-refractivity contribution in [3.05, 3.63) is 52.5 Å². The summed E-state index contributed by atoms with van der Waals surface area (Å²) >= 11 is 6.11. The van der Waals surface area contributed by atoms with Gasteiger partial charge in [0.2, 0.25) is 0 Å². The first-order chi connectivity index (χ1) is 9.59. The Morgan fingerprint density at radius 2 is 2.00 bits per heavy atom. The van der Waals surface area contributed by atoms with Gasteiger partial charge in [0.15, 0.2) is 0 Å². The Bertz CT molecular complexity index is 826. The van der Waals surface area contributed by atoms with Crippen LogP contribution in [0.4, 0.5) is 0 Å². The van der Waals surface area contributed by atoms with E-state index in [2.05, 4.69) is 10.3 Å². The van der Waals surface area contributed by atoms with E-state index in [1.807, 2.05) is 19.1 Å². The van der Waals surface area contributed by atoms with Gasteiger partial charge in [-0.2, -0.15) is 0 Å². The number of carboxylic acids is 1. The Balaban J connectivity index is 2.31. The third-order valence-electron chi connectivity index (χ3n) is 3.17. The molecule has 5 nitrogen and oxygen atoms in total. The molecule has 0 saturated carbocycles. The molecule has 0 saturated heterocycles. The van der Waals surface area contributed by atoms with Gasteiger partial charge in [0, 0.05) is 5.02 Å². The molecule has 20 heavy (non-hydrogen) atoms. The summed E-state index contributed by atoms with van der Waals surface area (Å²) in [5.74, 6) is -1.02. The molecule has 0 spiro atoms. The second-order valence-electron chi connectivity index (χ2n) is 4.36. The maximum Gasteiger partial charge on any atom is 0.338 e. The number of aromatic nitrogens is 3. The number of carbonyl (C=O) groups is 1. The van der Waals surface area contributed by atoms with Crippen LogP contribution in [0.15, 0.2) is 36.4 Å². The maximum absolute atomic E-state index is 11.2. The van der Waals surface area contributed by atoms with Crippen molar-refractivity contribution in [3.63, 3.8) is 0 Å². The smallest absolute Gasteiger partial charge is 0.338 e. The summed E-state index contributed by atoms with van der Waals surface area (Å²) in [7, 11) is 0. The van der Waals surface area contributed by atoms with E-state index in [0.717, 1.165) is 11.3 Å². The number of hydrogen-bond donors (Lipinski definition) is 1. The van der Waals surface area contributed by atoms with Crippen LogP contribution in [0.2, 0.25) is 5.02 Å². The van der Waals surface area contributed by atoms with Crippen LogP contribution < -0.4 is 0 Å². The van der Waals surface area contributed by atoms with E-state index in [1.54, 1.807) is 22.9 Å². The summed E-state index contributed by atoms with van der Waals surface area (Å²) in [5, 5.41) is 17.8. The SMILES string of the molecule is Cc1c(Cl)cccc1-n1nnc2c(C(=O)O)cccc21. The van der Waals surface area contributed by atoms with Crippen LogP contribution in [0.3, 0.4) is 0 Å². The molecule has 2 aromatic carbocycles. The van der Waals surface area contributed by atoms with Gasteiger partial charge in [-0.05, 0) is 36.8 Å².